The number of halogens is 1. The summed E-state index contributed by atoms with van der Waals surface area (Å²) in [5, 5.41) is 3.47. The van der Waals surface area contributed by atoms with Gasteiger partial charge in [0.15, 0.2) is 5.96 Å². The minimum atomic E-state index is -0.0886. The minimum Gasteiger partial charge on any atom is -0.466 e. The SMILES string of the molecule is CCOC(=O)C1CCCN(C(=NC)NCc2ccc(CN3CCN(CC)CC3)cc2)C1.I. The maximum Gasteiger partial charge on any atom is 0.310 e. The molecule has 2 aliphatic rings. The van der Waals surface area contributed by atoms with Crippen LogP contribution in [0.15, 0.2) is 29.3 Å². The zero-order valence-corrected chi connectivity index (χ0v) is 22.2. The second-order valence-electron chi connectivity index (χ2n) is 8.46. The van der Waals surface area contributed by atoms with Gasteiger partial charge in [0.25, 0.3) is 0 Å². The summed E-state index contributed by atoms with van der Waals surface area (Å²) in [5.74, 6) is 0.701. The molecule has 0 amide bonds. The number of piperidine rings is 1. The molecule has 1 N–H and O–H groups in total. The predicted molar refractivity (Wildman–Crippen MR) is 140 cm³/mol. The van der Waals surface area contributed by atoms with Crippen molar-refractivity contribution in [2.24, 2.45) is 10.9 Å². The zero-order valence-electron chi connectivity index (χ0n) is 19.9. The molecule has 3 rings (SSSR count). The van der Waals surface area contributed by atoms with Crippen molar-refractivity contribution in [2.45, 2.75) is 39.8 Å². The highest BCUT2D eigenvalue weighted by Gasteiger charge is 2.28. The van der Waals surface area contributed by atoms with Gasteiger partial charge in [0, 0.05) is 59.4 Å². The summed E-state index contributed by atoms with van der Waals surface area (Å²) in [4.78, 5) is 23.8. The van der Waals surface area contributed by atoms with Crippen molar-refractivity contribution in [3.05, 3.63) is 35.4 Å². The summed E-state index contributed by atoms with van der Waals surface area (Å²) in [6.07, 6.45) is 1.87. The number of hydrogen-bond donors (Lipinski definition) is 1. The van der Waals surface area contributed by atoms with Crippen LogP contribution in [0, 0.1) is 5.92 Å². The van der Waals surface area contributed by atoms with Gasteiger partial charge >= 0.3 is 5.97 Å². The van der Waals surface area contributed by atoms with Crippen LogP contribution in [0.5, 0.6) is 0 Å². The molecular weight excluding hydrogens is 517 g/mol. The Morgan fingerprint density at radius 1 is 1.06 bits per heavy atom. The van der Waals surface area contributed by atoms with Crippen LogP contribution in [0.25, 0.3) is 0 Å². The largest absolute Gasteiger partial charge is 0.466 e. The fourth-order valence-electron chi connectivity index (χ4n) is 4.42. The number of rotatable bonds is 7. The Balaban J connectivity index is 0.00000363. The van der Waals surface area contributed by atoms with Gasteiger partial charge in [0.05, 0.1) is 12.5 Å². The maximum atomic E-state index is 12.1. The Kier molecular flexibility index (Phi) is 11.7. The van der Waals surface area contributed by atoms with Crippen LogP contribution < -0.4 is 5.32 Å². The molecule has 0 bridgehead atoms. The van der Waals surface area contributed by atoms with Crippen molar-refractivity contribution in [1.29, 1.82) is 0 Å². The quantitative estimate of drug-likeness (QED) is 0.241. The molecule has 2 saturated heterocycles. The number of nitrogens with one attached hydrogen (secondary N) is 1. The zero-order chi connectivity index (χ0) is 22.1. The molecule has 8 heteroatoms. The number of carbonyl (C=O) groups is 1. The monoisotopic (exact) mass is 557 g/mol. The number of aliphatic imine (C=N–C) groups is 1. The van der Waals surface area contributed by atoms with Gasteiger partial charge in [-0.05, 0) is 37.4 Å². The van der Waals surface area contributed by atoms with Gasteiger partial charge in [-0.2, -0.15) is 0 Å². The second-order valence-corrected chi connectivity index (χ2v) is 8.46. The van der Waals surface area contributed by atoms with E-state index in [4.69, 9.17) is 4.74 Å². The first kappa shape index (κ1) is 26.9. The Labute approximate surface area is 210 Å². The van der Waals surface area contributed by atoms with Crippen molar-refractivity contribution < 1.29 is 9.53 Å². The molecule has 1 unspecified atom stereocenters. The molecule has 7 nitrogen and oxygen atoms in total. The molecule has 0 spiro atoms. The van der Waals surface area contributed by atoms with Gasteiger partial charge < -0.3 is 19.9 Å². The molecule has 2 fully saturated rings. The Morgan fingerprint density at radius 2 is 1.72 bits per heavy atom. The van der Waals surface area contributed by atoms with Crippen LogP contribution in [0.4, 0.5) is 0 Å². The molecule has 0 aromatic heterocycles. The predicted octanol–water partition coefficient (Wildman–Crippen LogP) is 2.79. The molecule has 0 aliphatic carbocycles. The average molecular weight is 558 g/mol. The lowest BCUT2D eigenvalue weighted by Gasteiger charge is -2.34. The van der Waals surface area contributed by atoms with Crippen molar-refractivity contribution >= 4 is 35.9 Å². The van der Waals surface area contributed by atoms with Crippen LogP contribution in [0.3, 0.4) is 0 Å². The second kappa shape index (κ2) is 14.0. The van der Waals surface area contributed by atoms with Gasteiger partial charge in [0.1, 0.15) is 0 Å². The van der Waals surface area contributed by atoms with E-state index < -0.39 is 0 Å². The van der Waals surface area contributed by atoms with E-state index in [1.165, 1.54) is 24.2 Å². The fourth-order valence-corrected chi connectivity index (χ4v) is 4.42. The number of ether oxygens (including phenoxy) is 1. The molecule has 180 valence electrons. The van der Waals surface area contributed by atoms with Gasteiger partial charge in [-0.3, -0.25) is 14.7 Å². The highest BCUT2D eigenvalue weighted by atomic mass is 127. The summed E-state index contributed by atoms with van der Waals surface area (Å²) >= 11 is 0. The number of esters is 1. The van der Waals surface area contributed by atoms with Gasteiger partial charge in [-0.25, -0.2) is 0 Å². The number of carbonyl (C=O) groups excluding carboxylic acids is 1. The van der Waals surface area contributed by atoms with E-state index in [1.54, 1.807) is 7.05 Å². The lowest BCUT2D eigenvalue weighted by Crippen LogP contribution is -2.48. The summed E-state index contributed by atoms with van der Waals surface area (Å²) in [6, 6.07) is 8.89. The number of guanidine groups is 1. The third-order valence-electron chi connectivity index (χ3n) is 6.34. The standard InChI is InChI=1S/C24H39N5O2.HI/c1-4-27-13-15-28(16-14-27)18-21-10-8-20(9-11-21)17-26-24(25-3)29-12-6-7-22(19-29)23(30)31-5-2;/h8-11,22H,4-7,12-19H2,1-3H3,(H,25,26);1H. The van der Waals surface area contributed by atoms with Crippen LogP contribution in [0.1, 0.15) is 37.8 Å². The van der Waals surface area contributed by atoms with Crippen LogP contribution in [-0.4, -0.2) is 86.1 Å². The molecular formula is C24H40IN5O2. The van der Waals surface area contributed by atoms with Gasteiger partial charge in [-0.15, -0.1) is 24.0 Å². The smallest absolute Gasteiger partial charge is 0.310 e. The topological polar surface area (TPSA) is 60.4 Å². The normalized spacial score (nSPS) is 20.5. The molecule has 0 radical (unpaired) electrons. The summed E-state index contributed by atoms with van der Waals surface area (Å²) in [7, 11) is 1.80. The molecule has 1 aromatic carbocycles. The van der Waals surface area contributed by atoms with Crippen LogP contribution in [-0.2, 0) is 22.6 Å². The van der Waals surface area contributed by atoms with E-state index in [9.17, 15) is 4.79 Å². The third-order valence-corrected chi connectivity index (χ3v) is 6.34. The Bertz CT molecular complexity index is 720. The first-order chi connectivity index (χ1) is 15.1. The van der Waals surface area contributed by atoms with Crippen molar-refractivity contribution in [3.8, 4) is 0 Å². The highest BCUT2D eigenvalue weighted by molar-refractivity contribution is 14.0. The summed E-state index contributed by atoms with van der Waals surface area (Å²) in [5.41, 5.74) is 2.60. The first-order valence-corrected chi connectivity index (χ1v) is 11.8. The Morgan fingerprint density at radius 3 is 2.34 bits per heavy atom. The van der Waals surface area contributed by atoms with E-state index in [2.05, 4.69) is 56.2 Å². The Hall–Kier alpha value is -1.39. The fraction of sp³-hybridized carbons (Fsp3) is 0.667. The molecule has 1 atom stereocenters. The molecule has 2 aliphatic heterocycles. The van der Waals surface area contributed by atoms with Gasteiger partial charge in [0.2, 0.25) is 0 Å². The molecule has 0 saturated carbocycles. The third kappa shape index (κ3) is 7.88. The van der Waals surface area contributed by atoms with Crippen LogP contribution >= 0.6 is 24.0 Å². The van der Waals surface area contributed by atoms with E-state index in [1.807, 2.05) is 6.92 Å². The molecule has 32 heavy (non-hydrogen) atoms. The lowest BCUT2D eigenvalue weighted by atomic mass is 9.98. The van der Waals surface area contributed by atoms with E-state index in [-0.39, 0.29) is 35.9 Å². The summed E-state index contributed by atoms with van der Waals surface area (Å²) in [6.45, 7) is 13.7. The van der Waals surface area contributed by atoms with E-state index in [0.29, 0.717) is 13.2 Å². The number of piperazine rings is 1. The van der Waals surface area contributed by atoms with E-state index in [0.717, 1.165) is 58.1 Å². The number of benzene rings is 1. The molecule has 2 heterocycles. The lowest BCUT2D eigenvalue weighted by molar-refractivity contribution is -0.149. The number of likely N-dealkylation sites (tertiary alicyclic amines) is 1. The number of hydrogen-bond acceptors (Lipinski definition) is 5. The van der Waals surface area contributed by atoms with Crippen molar-refractivity contribution in [3.63, 3.8) is 0 Å². The van der Waals surface area contributed by atoms with Crippen molar-refractivity contribution in [1.82, 2.24) is 20.0 Å². The van der Waals surface area contributed by atoms with Crippen LogP contribution in [0.2, 0.25) is 0 Å². The van der Waals surface area contributed by atoms with Gasteiger partial charge in [-0.1, -0.05) is 31.2 Å². The minimum absolute atomic E-state index is 0. The number of nitrogens with zero attached hydrogens (tertiary/aromatic N) is 4. The van der Waals surface area contributed by atoms with Crippen molar-refractivity contribution in [2.75, 3.05) is 59.5 Å². The highest BCUT2D eigenvalue weighted by Crippen LogP contribution is 2.18. The van der Waals surface area contributed by atoms with E-state index >= 15 is 0 Å². The number of likely N-dealkylation sites (N-methyl/N-ethyl adjacent to an activating group) is 1. The summed E-state index contributed by atoms with van der Waals surface area (Å²) < 4.78 is 5.22. The average Bonchev–Trinajstić information content (AvgIpc) is 2.81. The maximum absolute atomic E-state index is 12.1. The molecule has 1 aromatic rings. The first-order valence-electron chi connectivity index (χ1n) is 11.8.